The van der Waals surface area contributed by atoms with Gasteiger partial charge in [-0.25, -0.2) is 0 Å². The molecule has 0 amide bonds. The van der Waals surface area contributed by atoms with Crippen LogP contribution in [0.1, 0.15) is 25.8 Å². The van der Waals surface area contributed by atoms with Gasteiger partial charge >= 0.3 is 0 Å². The minimum atomic E-state index is -0.403. The third kappa shape index (κ3) is 6.15. The van der Waals surface area contributed by atoms with Crippen LogP contribution in [0.15, 0.2) is 30.3 Å². The number of aliphatic hydroxyl groups is 1. The van der Waals surface area contributed by atoms with Gasteiger partial charge in [0.2, 0.25) is 0 Å². The molecule has 0 radical (unpaired) electrons. The van der Waals surface area contributed by atoms with Crippen LogP contribution in [0.4, 0.5) is 0 Å². The highest BCUT2D eigenvalue weighted by atomic mass is 16.5. The molecule has 0 fully saturated rings. The normalized spacial score (nSPS) is 12.9. The Balaban J connectivity index is 2.18. The Kier molecular flexibility index (Phi) is 7.65. The van der Waals surface area contributed by atoms with E-state index in [4.69, 9.17) is 4.74 Å². The molecule has 3 heteroatoms. The first kappa shape index (κ1) is 15.2. The van der Waals surface area contributed by atoms with E-state index < -0.39 is 6.10 Å². The van der Waals surface area contributed by atoms with Gasteiger partial charge in [0.15, 0.2) is 0 Å². The van der Waals surface area contributed by atoms with E-state index in [1.165, 1.54) is 0 Å². The van der Waals surface area contributed by atoms with Crippen molar-refractivity contribution in [3.63, 3.8) is 0 Å². The van der Waals surface area contributed by atoms with Crippen LogP contribution in [0.2, 0.25) is 0 Å². The Hall–Kier alpha value is -0.900. The SMILES string of the molecule is CCCN(CC)CC(O)COCc1ccccc1. The number of rotatable bonds is 9. The second-order valence-electron chi connectivity index (χ2n) is 4.55. The van der Waals surface area contributed by atoms with Crippen LogP contribution in [-0.2, 0) is 11.3 Å². The first-order valence-electron chi connectivity index (χ1n) is 6.78. The summed E-state index contributed by atoms with van der Waals surface area (Å²) in [5.74, 6) is 0. The van der Waals surface area contributed by atoms with E-state index in [0.29, 0.717) is 19.8 Å². The molecule has 0 saturated heterocycles. The summed E-state index contributed by atoms with van der Waals surface area (Å²) in [4.78, 5) is 2.25. The average molecular weight is 251 g/mol. The molecule has 0 bridgehead atoms. The van der Waals surface area contributed by atoms with Gasteiger partial charge in [0.05, 0.1) is 19.3 Å². The summed E-state index contributed by atoms with van der Waals surface area (Å²) in [7, 11) is 0. The summed E-state index contributed by atoms with van der Waals surface area (Å²) in [6, 6.07) is 10.0. The molecule has 18 heavy (non-hydrogen) atoms. The third-order valence-corrected chi connectivity index (χ3v) is 2.88. The maximum Gasteiger partial charge on any atom is 0.0900 e. The quantitative estimate of drug-likeness (QED) is 0.731. The number of ether oxygens (including phenoxy) is 1. The maximum atomic E-state index is 9.89. The standard InChI is InChI=1S/C15H25NO2/c1-3-10-16(4-2)11-15(17)13-18-12-14-8-6-5-7-9-14/h5-9,15,17H,3-4,10-13H2,1-2H3. The van der Waals surface area contributed by atoms with Gasteiger partial charge in [0.1, 0.15) is 0 Å². The lowest BCUT2D eigenvalue weighted by molar-refractivity contribution is 0.0107. The van der Waals surface area contributed by atoms with Crippen molar-refractivity contribution in [1.82, 2.24) is 4.90 Å². The Morgan fingerprint density at radius 1 is 1.22 bits per heavy atom. The Bertz CT molecular complexity index is 303. The number of aliphatic hydroxyl groups excluding tert-OH is 1. The Morgan fingerprint density at radius 3 is 2.56 bits per heavy atom. The van der Waals surface area contributed by atoms with Crippen LogP contribution in [0, 0.1) is 0 Å². The average Bonchev–Trinajstić information content (AvgIpc) is 2.39. The number of hydrogen-bond donors (Lipinski definition) is 1. The van der Waals surface area contributed by atoms with Crippen molar-refractivity contribution < 1.29 is 9.84 Å². The third-order valence-electron chi connectivity index (χ3n) is 2.88. The number of likely N-dealkylation sites (N-methyl/N-ethyl adjacent to an activating group) is 1. The van der Waals surface area contributed by atoms with Crippen molar-refractivity contribution in [3.05, 3.63) is 35.9 Å². The summed E-state index contributed by atoms with van der Waals surface area (Å²) in [6.45, 7) is 7.94. The van der Waals surface area contributed by atoms with E-state index in [-0.39, 0.29) is 0 Å². The fraction of sp³-hybridized carbons (Fsp3) is 0.600. The van der Waals surface area contributed by atoms with E-state index in [0.717, 1.165) is 25.1 Å². The highest BCUT2D eigenvalue weighted by Crippen LogP contribution is 2.02. The fourth-order valence-corrected chi connectivity index (χ4v) is 1.93. The van der Waals surface area contributed by atoms with Gasteiger partial charge in [-0.15, -0.1) is 0 Å². The molecule has 102 valence electrons. The van der Waals surface area contributed by atoms with E-state index in [9.17, 15) is 5.11 Å². The van der Waals surface area contributed by atoms with E-state index in [2.05, 4.69) is 18.7 Å². The molecule has 1 rings (SSSR count). The van der Waals surface area contributed by atoms with E-state index in [1.54, 1.807) is 0 Å². The molecule has 0 spiro atoms. The van der Waals surface area contributed by atoms with Crippen LogP contribution in [0.3, 0.4) is 0 Å². The molecule has 0 aliphatic carbocycles. The first-order chi connectivity index (χ1) is 8.76. The van der Waals surface area contributed by atoms with Crippen molar-refractivity contribution in [2.75, 3.05) is 26.2 Å². The Labute approximate surface area is 110 Å². The largest absolute Gasteiger partial charge is 0.389 e. The summed E-state index contributed by atoms with van der Waals surface area (Å²) >= 11 is 0. The van der Waals surface area contributed by atoms with Gasteiger partial charge in [-0.2, -0.15) is 0 Å². The molecule has 1 atom stereocenters. The number of hydrogen-bond acceptors (Lipinski definition) is 3. The highest BCUT2D eigenvalue weighted by molar-refractivity contribution is 5.13. The molecule has 0 aromatic heterocycles. The van der Waals surface area contributed by atoms with Crippen LogP contribution in [-0.4, -0.2) is 42.4 Å². The zero-order valence-electron chi connectivity index (χ0n) is 11.5. The molecular formula is C15H25NO2. The maximum absolute atomic E-state index is 9.89. The molecule has 1 unspecified atom stereocenters. The highest BCUT2D eigenvalue weighted by Gasteiger charge is 2.09. The predicted molar refractivity (Wildman–Crippen MR) is 74.5 cm³/mol. The van der Waals surface area contributed by atoms with Crippen molar-refractivity contribution in [2.45, 2.75) is 33.0 Å². The van der Waals surface area contributed by atoms with Gasteiger partial charge in [-0.3, -0.25) is 0 Å². The summed E-state index contributed by atoms with van der Waals surface area (Å²) in [6.07, 6.45) is 0.714. The topological polar surface area (TPSA) is 32.7 Å². The molecular weight excluding hydrogens is 226 g/mol. The van der Waals surface area contributed by atoms with Crippen LogP contribution < -0.4 is 0 Å². The van der Waals surface area contributed by atoms with Crippen LogP contribution >= 0.6 is 0 Å². The predicted octanol–water partition coefficient (Wildman–Crippen LogP) is 2.30. The summed E-state index contributed by atoms with van der Waals surface area (Å²) in [5, 5.41) is 9.89. The smallest absolute Gasteiger partial charge is 0.0900 e. The van der Waals surface area contributed by atoms with Gasteiger partial charge in [0.25, 0.3) is 0 Å². The lowest BCUT2D eigenvalue weighted by Gasteiger charge is -2.22. The monoisotopic (exact) mass is 251 g/mol. The van der Waals surface area contributed by atoms with Crippen molar-refractivity contribution in [2.24, 2.45) is 0 Å². The second kappa shape index (κ2) is 9.09. The molecule has 0 aliphatic rings. The molecule has 1 aromatic carbocycles. The fourth-order valence-electron chi connectivity index (χ4n) is 1.93. The van der Waals surface area contributed by atoms with Gasteiger partial charge < -0.3 is 14.7 Å². The van der Waals surface area contributed by atoms with Gasteiger partial charge in [-0.1, -0.05) is 44.2 Å². The van der Waals surface area contributed by atoms with Gasteiger partial charge in [0, 0.05) is 6.54 Å². The summed E-state index contributed by atoms with van der Waals surface area (Å²) < 4.78 is 5.53. The van der Waals surface area contributed by atoms with Gasteiger partial charge in [-0.05, 0) is 25.1 Å². The lowest BCUT2D eigenvalue weighted by Crippen LogP contribution is -2.35. The van der Waals surface area contributed by atoms with Crippen molar-refractivity contribution in [3.8, 4) is 0 Å². The second-order valence-corrected chi connectivity index (χ2v) is 4.55. The zero-order chi connectivity index (χ0) is 13.2. The van der Waals surface area contributed by atoms with Crippen molar-refractivity contribution in [1.29, 1.82) is 0 Å². The first-order valence-corrected chi connectivity index (χ1v) is 6.78. The molecule has 1 N–H and O–H groups in total. The molecule has 3 nitrogen and oxygen atoms in total. The van der Waals surface area contributed by atoms with Crippen molar-refractivity contribution >= 4 is 0 Å². The molecule has 0 aliphatic heterocycles. The number of nitrogens with zero attached hydrogens (tertiary/aromatic N) is 1. The summed E-state index contributed by atoms with van der Waals surface area (Å²) in [5.41, 5.74) is 1.14. The van der Waals surface area contributed by atoms with Crippen LogP contribution in [0.25, 0.3) is 0 Å². The molecule has 1 aromatic rings. The molecule has 0 saturated carbocycles. The van der Waals surface area contributed by atoms with Crippen LogP contribution in [0.5, 0.6) is 0 Å². The Morgan fingerprint density at radius 2 is 1.94 bits per heavy atom. The number of benzene rings is 1. The minimum absolute atomic E-state index is 0.398. The lowest BCUT2D eigenvalue weighted by atomic mass is 10.2. The van der Waals surface area contributed by atoms with E-state index in [1.807, 2.05) is 30.3 Å². The minimum Gasteiger partial charge on any atom is -0.389 e. The van der Waals surface area contributed by atoms with E-state index >= 15 is 0 Å². The zero-order valence-corrected chi connectivity index (χ0v) is 11.5. The molecule has 0 heterocycles.